The molecular weight excluding hydrogens is 456 g/mol. The summed E-state index contributed by atoms with van der Waals surface area (Å²) in [7, 11) is 0. The van der Waals surface area contributed by atoms with Crippen LogP contribution < -0.4 is 0 Å². The van der Waals surface area contributed by atoms with Crippen molar-refractivity contribution in [2.24, 2.45) is 99.1 Å². The SMILES string of the molecule is CC(C)C1C(C)CC2(C)C(C)C3(C)C(CC4CCCCC4C)C4CCCC(C)C4C(C)C3C(C)C2(C)C1C. The van der Waals surface area contributed by atoms with Gasteiger partial charge in [-0.3, -0.25) is 0 Å². The number of hydrogen-bond donors (Lipinski definition) is 0. The molecule has 16 atom stereocenters. The molecule has 220 valence electrons. The summed E-state index contributed by atoms with van der Waals surface area (Å²) >= 11 is 0. The van der Waals surface area contributed by atoms with Crippen LogP contribution in [0.25, 0.3) is 0 Å². The molecular formula is C38H68. The van der Waals surface area contributed by atoms with Gasteiger partial charge in [0, 0.05) is 0 Å². The monoisotopic (exact) mass is 525 g/mol. The molecule has 0 saturated heterocycles. The smallest absolute Gasteiger partial charge is 0.0212 e. The van der Waals surface area contributed by atoms with Crippen molar-refractivity contribution in [3.8, 4) is 0 Å². The van der Waals surface area contributed by atoms with E-state index in [-0.39, 0.29) is 0 Å². The molecule has 38 heavy (non-hydrogen) atoms. The predicted octanol–water partition coefficient (Wildman–Crippen LogP) is 11.4. The van der Waals surface area contributed by atoms with Gasteiger partial charge < -0.3 is 0 Å². The fourth-order valence-corrected chi connectivity index (χ4v) is 14.8. The van der Waals surface area contributed by atoms with E-state index in [0.717, 1.165) is 82.9 Å². The molecule has 5 saturated carbocycles. The van der Waals surface area contributed by atoms with Crippen molar-refractivity contribution in [3.05, 3.63) is 0 Å². The maximum Gasteiger partial charge on any atom is -0.0212 e. The van der Waals surface area contributed by atoms with Crippen molar-refractivity contribution >= 4 is 0 Å². The Hall–Kier alpha value is 0. The van der Waals surface area contributed by atoms with Gasteiger partial charge in [-0.05, 0) is 118 Å². The van der Waals surface area contributed by atoms with Crippen molar-refractivity contribution < 1.29 is 0 Å². The number of fused-ring (bicyclic) bond motifs is 3. The van der Waals surface area contributed by atoms with Crippen LogP contribution in [-0.4, -0.2) is 0 Å². The van der Waals surface area contributed by atoms with Gasteiger partial charge in [0.1, 0.15) is 0 Å². The fourth-order valence-electron chi connectivity index (χ4n) is 14.8. The molecule has 5 aliphatic rings. The van der Waals surface area contributed by atoms with Gasteiger partial charge in [-0.1, -0.05) is 122 Å². The molecule has 16 unspecified atom stereocenters. The molecule has 0 amide bonds. The van der Waals surface area contributed by atoms with E-state index in [2.05, 4.69) is 83.1 Å². The van der Waals surface area contributed by atoms with Crippen LogP contribution in [0.15, 0.2) is 0 Å². The van der Waals surface area contributed by atoms with Crippen LogP contribution in [0.3, 0.4) is 0 Å². The zero-order chi connectivity index (χ0) is 27.9. The summed E-state index contributed by atoms with van der Waals surface area (Å²) in [4.78, 5) is 0. The van der Waals surface area contributed by atoms with Gasteiger partial charge in [0.15, 0.2) is 0 Å². The predicted molar refractivity (Wildman–Crippen MR) is 166 cm³/mol. The van der Waals surface area contributed by atoms with Crippen molar-refractivity contribution in [2.45, 2.75) is 141 Å². The third kappa shape index (κ3) is 3.85. The third-order valence-corrected chi connectivity index (χ3v) is 16.7. The third-order valence-electron chi connectivity index (χ3n) is 16.7. The summed E-state index contributed by atoms with van der Waals surface area (Å²) in [6.07, 6.45) is 13.5. The Morgan fingerprint density at radius 3 is 1.97 bits per heavy atom. The van der Waals surface area contributed by atoms with Gasteiger partial charge in [-0.25, -0.2) is 0 Å². The van der Waals surface area contributed by atoms with Crippen LogP contribution in [0, 0.1) is 99.1 Å². The molecule has 5 rings (SSSR count). The second kappa shape index (κ2) is 10.1. The van der Waals surface area contributed by atoms with E-state index in [0.29, 0.717) is 16.2 Å². The topological polar surface area (TPSA) is 0 Å². The fraction of sp³-hybridized carbons (Fsp3) is 1.00. The van der Waals surface area contributed by atoms with Crippen molar-refractivity contribution in [1.29, 1.82) is 0 Å². The van der Waals surface area contributed by atoms with Crippen LogP contribution in [0.4, 0.5) is 0 Å². The van der Waals surface area contributed by atoms with E-state index in [1.807, 2.05) is 0 Å². The number of hydrogen-bond acceptors (Lipinski definition) is 0. The number of rotatable bonds is 3. The lowest BCUT2D eigenvalue weighted by Crippen LogP contribution is -2.72. The Bertz CT molecular complexity index is 841. The van der Waals surface area contributed by atoms with Gasteiger partial charge >= 0.3 is 0 Å². The van der Waals surface area contributed by atoms with Crippen LogP contribution in [0.2, 0.25) is 0 Å². The first kappa shape index (κ1) is 29.5. The van der Waals surface area contributed by atoms with Crippen molar-refractivity contribution in [1.82, 2.24) is 0 Å². The van der Waals surface area contributed by atoms with Crippen LogP contribution in [0.1, 0.15) is 141 Å². The van der Waals surface area contributed by atoms with Gasteiger partial charge in [-0.15, -0.1) is 0 Å². The van der Waals surface area contributed by atoms with E-state index in [9.17, 15) is 0 Å². The van der Waals surface area contributed by atoms with Gasteiger partial charge in [0.05, 0.1) is 0 Å². The summed E-state index contributed by atoms with van der Waals surface area (Å²) in [5.74, 6) is 12.4. The van der Waals surface area contributed by atoms with E-state index in [1.54, 1.807) is 6.42 Å². The minimum absolute atomic E-state index is 0.430. The molecule has 0 radical (unpaired) electrons. The normalized spacial score (nSPS) is 59.1. The van der Waals surface area contributed by atoms with Crippen molar-refractivity contribution in [2.75, 3.05) is 0 Å². The van der Waals surface area contributed by atoms with E-state index in [1.165, 1.54) is 51.4 Å². The molecule has 0 aromatic carbocycles. The molecule has 0 aromatic heterocycles. The molecule has 0 spiro atoms. The largest absolute Gasteiger partial charge is 0.0625 e. The minimum atomic E-state index is 0.430. The standard InChI is InChI=1S/C38H68/c1-22(2)33-25(5)21-36(10)29(9)37(11)32(20-30-18-14-13-16-23(30)3)31-19-15-17-24(4)34(31)26(6)35(37)28(8)38(36,12)27(33)7/h22-35H,13-21H2,1-12H3. The van der Waals surface area contributed by atoms with E-state index >= 15 is 0 Å². The molecule has 5 aliphatic carbocycles. The van der Waals surface area contributed by atoms with E-state index < -0.39 is 0 Å². The van der Waals surface area contributed by atoms with Crippen molar-refractivity contribution in [3.63, 3.8) is 0 Å². The van der Waals surface area contributed by atoms with Gasteiger partial charge in [-0.2, -0.15) is 0 Å². The lowest BCUT2D eigenvalue weighted by molar-refractivity contribution is -0.294. The molecule has 0 aliphatic heterocycles. The van der Waals surface area contributed by atoms with E-state index in [4.69, 9.17) is 0 Å². The highest BCUT2D eigenvalue weighted by atomic mass is 14.8. The highest BCUT2D eigenvalue weighted by molar-refractivity contribution is 5.20. The maximum absolute atomic E-state index is 2.90. The Labute approximate surface area is 239 Å². The first-order chi connectivity index (χ1) is 17.7. The average molecular weight is 525 g/mol. The zero-order valence-electron chi connectivity index (χ0n) is 27.9. The first-order valence-corrected chi connectivity index (χ1v) is 17.7. The molecule has 0 aromatic rings. The lowest BCUT2D eigenvalue weighted by Gasteiger charge is -2.77. The van der Waals surface area contributed by atoms with Gasteiger partial charge in [0.25, 0.3) is 0 Å². The Morgan fingerprint density at radius 2 is 1.34 bits per heavy atom. The van der Waals surface area contributed by atoms with Crippen LogP contribution >= 0.6 is 0 Å². The molecule has 0 N–H and O–H groups in total. The highest BCUT2D eigenvalue weighted by Gasteiger charge is 2.73. The molecule has 0 heterocycles. The summed E-state index contributed by atoms with van der Waals surface area (Å²) in [6.45, 7) is 32.6. The average Bonchev–Trinajstić information content (AvgIpc) is 2.84. The molecule has 5 fully saturated rings. The maximum atomic E-state index is 2.90. The summed E-state index contributed by atoms with van der Waals surface area (Å²) < 4.78 is 0. The summed E-state index contributed by atoms with van der Waals surface area (Å²) in [6, 6.07) is 0. The molecule has 0 heteroatoms. The summed E-state index contributed by atoms with van der Waals surface area (Å²) in [5.41, 5.74) is 1.34. The lowest BCUT2D eigenvalue weighted by atomic mass is 9.27. The second-order valence-corrected chi connectivity index (χ2v) is 17.8. The summed E-state index contributed by atoms with van der Waals surface area (Å²) in [5, 5.41) is 0. The Balaban J connectivity index is 1.65. The Kier molecular flexibility index (Phi) is 7.82. The highest BCUT2D eigenvalue weighted by Crippen LogP contribution is 2.78. The Morgan fingerprint density at radius 1 is 0.711 bits per heavy atom. The first-order valence-electron chi connectivity index (χ1n) is 17.7. The zero-order valence-corrected chi connectivity index (χ0v) is 27.9. The molecule has 0 nitrogen and oxygen atoms in total. The van der Waals surface area contributed by atoms with Crippen LogP contribution in [0.5, 0.6) is 0 Å². The van der Waals surface area contributed by atoms with Crippen LogP contribution in [-0.2, 0) is 0 Å². The quantitative estimate of drug-likeness (QED) is 0.344. The van der Waals surface area contributed by atoms with Gasteiger partial charge in [0.2, 0.25) is 0 Å². The second-order valence-electron chi connectivity index (χ2n) is 17.8. The molecule has 0 bridgehead atoms. The minimum Gasteiger partial charge on any atom is -0.0625 e.